The Morgan fingerprint density at radius 2 is 2.05 bits per heavy atom. The molecule has 3 heteroatoms. The number of fused-ring (bicyclic) bond motifs is 1. The van der Waals surface area contributed by atoms with Crippen LogP contribution in [0.25, 0.3) is 0 Å². The summed E-state index contributed by atoms with van der Waals surface area (Å²) in [7, 11) is 0. The quantitative estimate of drug-likeness (QED) is 0.855. The Morgan fingerprint density at radius 1 is 1.29 bits per heavy atom. The van der Waals surface area contributed by atoms with Crippen LogP contribution in [0.4, 0.5) is 0 Å². The maximum absolute atomic E-state index is 5.97. The molecular weight excluding hydrogens is 278 g/mol. The van der Waals surface area contributed by atoms with E-state index in [2.05, 4.69) is 57.8 Å². The molecule has 2 unspecified atom stereocenters. The molecule has 2 nitrogen and oxygen atoms in total. The van der Waals surface area contributed by atoms with Gasteiger partial charge in [0.25, 0.3) is 0 Å². The predicted molar refractivity (Wildman–Crippen MR) is 90.9 cm³/mol. The van der Waals surface area contributed by atoms with E-state index in [1.165, 1.54) is 35.7 Å². The van der Waals surface area contributed by atoms with Gasteiger partial charge in [0.2, 0.25) is 0 Å². The molecule has 3 rings (SSSR count). The van der Waals surface area contributed by atoms with Crippen LogP contribution in [0.3, 0.4) is 0 Å². The van der Waals surface area contributed by atoms with Crippen LogP contribution in [0.5, 0.6) is 0 Å². The molecule has 1 saturated heterocycles. The third-order valence-corrected chi connectivity index (χ3v) is 6.32. The molecule has 21 heavy (non-hydrogen) atoms. The van der Waals surface area contributed by atoms with Gasteiger partial charge in [0.05, 0.1) is 0 Å². The van der Waals surface area contributed by atoms with Crippen molar-refractivity contribution in [2.24, 2.45) is 10.8 Å². The molecule has 0 saturated carbocycles. The molecule has 0 spiro atoms. The molecule has 0 radical (unpaired) electrons. The summed E-state index contributed by atoms with van der Waals surface area (Å²) in [5, 5.41) is 3.99. The molecule has 2 heterocycles. The van der Waals surface area contributed by atoms with E-state index < -0.39 is 0 Å². The van der Waals surface area contributed by atoms with E-state index >= 15 is 0 Å². The van der Waals surface area contributed by atoms with E-state index in [9.17, 15) is 0 Å². The highest BCUT2D eigenvalue weighted by molar-refractivity contribution is 7.99. The lowest BCUT2D eigenvalue weighted by Gasteiger charge is -2.43. The molecule has 0 bridgehead atoms. The lowest BCUT2D eigenvalue weighted by atomic mass is 9.73. The number of hydrogen-bond acceptors (Lipinski definition) is 3. The third-order valence-electron chi connectivity index (χ3n) is 5.26. The number of rotatable bonds is 2. The molecular formula is C18H29NOS. The van der Waals surface area contributed by atoms with Crippen molar-refractivity contribution in [3.8, 4) is 0 Å². The van der Waals surface area contributed by atoms with Crippen molar-refractivity contribution in [2.45, 2.75) is 66.0 Å². The Bertz CT molecular complexity index is 517. The standard InChI is InChI=1S/C18H29NOS/c1-12-8-13-14(9-17(2,3)10-15(13)20-12)19-16-11-21-7-6-18(16,4)5/h8,14,16,19H,6-7,9-11H2,1-5H3. The van der Waals surface area contributed by atoms with Crippen LogP contribution in [-0.2, 0) is 6.42 Å². The SMILES string of the molecule is Cc1cc2c(o1)CC(C)(C)CC2NC1CSCCC1(C)C. The van der Waals surface area contributed by atoms with Crippen molar-refractivity contribution in [1.82, 2.24) is 5.32 Å². The Labute approximate surface area is 133 Å². The van der Waals surface area contributed by atoms with Gasteiger partial charge in [-0.3, -0.25) is 0 Å². The number of aryl methyl sites for hydroxylation is 1. The second-order valence-corrected chi connectivity index (χ2v) is 9.52. The van der Waals surface area contributed by atoms with Crippen LogP contribution in [0.1, 0.15) is 63.7 Å². The summed E-state index contributed by atoms with van der Waals surface area (Å²) in [5.74, 6) is 4.80. The summed E-state index contributed by atoms with van der Waals surface area (Å²) < 4.78 is 5.97. The average molecular weight is 308 g/mol. The summed E-state index contributed by atoms with van der Waals surface area (Å²) in [6.07, 6.45) is 3.58. The van der Waals surface area contributed by atoms with Crippen LogP contribution < -0.4 is 5.32 Å². The molecule has 1 N–H and O–H groups in total. The Hall–Kier alpha value is -0.410. The van der Waals surface area contributed by atoms with E-state index in [-0.39, 0.29) is 0 Å². The Morgan fingerprint density at radius 3 is 2.76 bits per heavy atom. The highest BCUT2D eigenvalue weighted by Gasteiger charge is 2.39. The van der Waals surface area contributed by atoms with Gasteiger partial charge in [-0.1, -0.05) is 27.7 Å². The third kappa shape index (κ3) is 3.19. The van der Waals surface area contributed by atoms with Crippen LogP contribution >= 0.6 is 11.8 Å². The zero-order chi connectivity index (χ0) is 15.3. The lowest BCUT2D eigenvalue weighted by molar-refractivity contribution is 0.180. The molecule has 2 atom stereocenters. The zero-order valence-corrected chi connectivity index (χ0v) is 14.9. The number of nitrogens with one attached hydrogen (secondary N) is 1. The van der Waals surface area contributed by atoms with Crippen molar-refractivity contribution < 1.29 is 4.42 Å². The molecule has 2 aliphatic rings. The predicted octanol–water partition coefficient (Wildman–Crippen LogP) is 4.72. The van der Waals surface area contributed by atoms with Crippen LogP contribution in [0.15, 0.2) is 10.5 Å². The van der Waals surface area contributed by atoms with E-state index in [1.807, 2.05) is 0 Å². The Balaban J connectivity index is 1.84. The average Bonchev–Trinajstić information content (AvgIpc) is 2.70. The zero-order valence-electron chi connectivity index (χ0n) is 14.1. The first-order valence-corrected chi connectivity index (χ1v) is 9.35. The molecule has 1 aromatic rings. The second kappa shape index (κ2) is 5.34. The van der Waals surface area contributed by atoms with Crippen molar-refractivity contribution in [2.75, 3.05) is 11.5 Å². The fraction of sp³-hybridized carbons (Fsp3) is 0.778. The molecule has 1 fully saturated rings. The van der Waals surface area contributed by atoms with Crippen molar-refractivity contribution >= 4 is 11.8 Å². The molecule has 1 aliphatic carbocycles. The molecule has 1 aliphatic heterocycles. The van der Waals surface area contributed by atoms with Gasteiger partial charge in [-0.25, -0.2) is 0 Å². The van der Waals surface area contributed by atoms with Crippen LogP contribution in [0, 0.1) is 17.8 Å². The van der Waals surface area contributed by atoms with Gasteiger partial charge in [0.15, 0.2) is 0 Å². The van der Waals surface area contributed by atoms with Crippen LogP contribution in [-0.4, -0.2) is 17.5 Å². The van der Waals surface area contributed by atoms with Gasteiger partial charge in [-0.05, 0) is 42.4 Å². The van der Waals surface area contributed by atoms with Crippen molar-refractivity contribution in [1.29, 1.82) is 0 Å². The van der Waals surface area contributed by atoms with Gasteiger partial charge in [-0.2, -0.15) is 11.8 Å². The number of thioether (sulfide) groups is 1. The van der Waals surface area contributed by atoms with Crippen molar-refractivity contribution in [3.05, 3.63) is 23.2 Å². The maximum Gasteiger partial charge on any atom is 0.109 e. The van der Waals surface area contributed by atoms with Gasteiger partial charge >= 0.3 is 0 Å². The first kappa shape index (κ1) is 15.5. The second-order valence-electron chi connectivity index (χ2n) is 8.37. The fourth-order valence-corrected chi connectivity index (χ4v) is 5.41. The number of furan rings is 1. The molecule has 0 amide bonds. The van der Waals surface area contributed by atoms with Gasteiger partial charge < -0.3 is 9.73 Å². The first-order valence-electron chi connectivity index (χ1n) is 8.20. The number of hydrogen-bond donors (Lipinski definition) is 1. The largest absolute Gasteiger partial charge is 0.466 e. The van der Waals surface area contributed by atoms with E-state index in [0.717, 1.165) is 12.2 Å². The summed E-state index contributed by atoms with van der Waals surface area (Å²) in [6, 6.07) is 3.30. The van der Waals surface area contributed by atoms with Gasteiger partial charge in [-0.15, -0.1) is 0 Å². The van der Waals surface area contributed by atoms with Gasteiger partial charge in [0.1, 0.15) is 11.5 Å². The normalized spacial score (nSPS) is 30.9. The van der Waals surface area contributed by atoms with E-state index in [1.54, 1.807) is 0 Å². The monoisotopic (exact) mass is 307 g/mol. The Kier molecular flexibility index (Phi) is 3.94. The lowest BCUT2D eigenvalue weighted by Crippen LogP contribution is -2.49. The topological polar surface area (TPSA) is 25.2 Å². The minimum Gasteiger partial charge on any atom is -0.466 e. The van der Waals surface area contributed by atoms with Crippen molar-refractivity contribution in [3.63, 3.8) is 0 Å². The summed E-state index contributed by atoms with van der Waals surface area (Å²) in [6.45, 7) is 11.6. The summed E-state index contributed by atoms with van der Waals surface area (Å²) in [5.41, 5.74) is 2.13. The first-order chi connectivity index (χ1) is 9.77. The summed E-state index contributed by atoms with van der Waals surface area (Å²) >= 11 is 2.09. The molecule has 118 valence electrons. The summed E-state index contributed by atoms with van der Waals surface area (Å²) in [4.78, 5) is 0. The highest BCUT2D eigenvalue weighted by atomic mass is 32.2. The smallest absolute Gasteiger partial charge is 0.109 e. The fourth-order valence-electron chi connectivity index (χ4n) is 3.79. The van der Waals surface area contributed by atoms with E-state index in [0.29, 0.717) is 22.9 Å². The minimum atomic E-state index is 0.320. The van der Waals surface area contributed by atoms with Crippen LogP contribution in [0.2, 0.25) is 0 Å². The maximum atomic E-state index is 5.97. The van der Waals surface area contributed by atoms with E-state index in [4.69, 9.17) is 4.42 Å². The molecule has 0 aromatic carbocycles. The molecule has 1 aromatic heterocycles. The minimum absolute atomic E-state index is 0.320. The highest BCUT2D eigenvalue weighted by Crippen LogP contribution is 2.44. The van der Waals surface area contributed by atoms with Gasteiger partial charge in [0, 0.05) is 29.8 Å².